The average molecular weight is 217 g/mol. The number of amides is 1. The summed E-state index contributed by atoms with van der Waals surface area (Å²) in [5.74, 6) is 5.13. The van der Waals surface area contributed by atoms with Gasteiger partial charge in [0.15, 0.2) is 0 Å². The highest BCUT2D eigenvalue weighted by atomic mass is 16.5. The normalized spacial score (nSPS) is 10.0. The fraction of sp³-hybridized carbons (Fsp3) is 0.900. The molecule has 0 aliphatic heterocycles. The second kappa shape index (κ2) is 11.3. The molecule has 0 aromatic heterocycles. The van der Waals surface area contributed by atoms with Gasteiger partial charge in [0.25, 0.3) is 0 Å². The van der Waals surface area contributed by atoms with E-state index in [9.17, 15) is 4.79 Å². The van der Waals surface area contributed by atoms with Gasteiger partial charge in [-0.25, -0.2) is 4.79 Å². The first-order valence-corrected chi connectivity index (χ1v) is 5.65. The van der Waals surface area contributed by atoms with Crippen LogP contribution < -0.4 is 16.6 Å². The zero-order valence-electron chi connectivity index (χ0n) is 9.55. The minimum Gasteiger partial charge on any atom is -0.450 e. The highest BCUT2D eigenvalue weighted by molar-refractivity contribution is 5.66. The fourth-order valence-corrected chi connectivity index (χ4v) is 1.14. The Hall–Kier alpha value is -0.810. The van der Waals surface area contributed by atoms with E-state index in [0.717, 1.165) is 38.6 Å². The Morgan fingerprint density at radius 3 is 2.47 bits per heavy atom. The lowest BCUT2D eigenvalue weighted by Crippen LogP contribution is -2.25. The van der Waals surface area contributed by atoms with Crippen LogP contribution in [0.25, 0.3) is 0 Å². The summed E-state index contributed by atoms with van der Waals surface area (Å²) in [7, 11) is 0. The van der Waals surface area contributed by atoms with Crippen molar-refractivity contribution in [1.29, 1.82) is 0 Å². The number of hydrogen-bond acceptors (Lipinski definition) is 4. The molecule has 0 heterocycles. The van der Waals surface area contributed by atoms with Crippen molar-refractivity contribution in [2.75, 3.05) is 19.7 Å². The smallest absolute Gasteiger partial charge is 0.407 e. The molecule has 0 saturated heterocycles. The molecule has 0 aliphatic rings. The Kier molecular flexibility index (Phi) is 10.7. The van der Waals surface area contributed by atoms with Crippen LogP contribution in [0.15, 0.2) is 0 Å². The van der Waals surface area contributed by atoms with Gasteiger partial charge in [-0.2, -0.15) is 0 Å². The Morgan fingerprint density at radius 1 is 1.20 bits per heavy atom. The number of rotatable bonds is 9. The summed E-state index contributed by atoms with van der Waals surface area (Å²) in [5, 5.41) is 2.71. The lowest BCUT2D eigenvalue weighted by Gasteiger charge is -2.05. The molecule has 0 aliphatic carbocycles. The molecule has 5 nitrogen and oxygen atoms in total. The zero-order valence-corrected chi connectivity index (χ0v) is 9.55. The number of alkyl carbamates (subject to hydrolysis) is 1. The third kappa shape index (κ3) is 11.1. The number of nitrogens with two attached hydrogens (primary N) is 1. The lowest BCUT2D eigenvalue weighted by molar-refractivity contribution is 0.146. The molecule has 0 aromatic rings. The van der Waals surface area contributed by atoms with Crippen molar-refractivity contribution < 1.29 is 9.53 Å². The van der Waals surface area contributed by atoms with Gasteiger partial charge >= 0.3 is 6.09 Å². The van der Waals surface area contributed by atoms with Gasteiger partial charge in [0.2, 0.25) is 0 Å². The van der Waals surface area contributed by atoms with E-state index in [0.29, 0.717) is 13.2 Å². The second-order valence-corrected chi connectivity index (χ2v) is 3.43. The van der Waals surface area contributed by atoms with Crippen molar-refractivity contribution in [3.8, 4) is 0 Å². The van der Waals surface area contributed by atoms with Crippen molar-refractivity contribution in [3.63, 3.8) is 0 Å². The fourth-order valence-electron chi connectivity index (χ4n) is 1.14. The Labute approximate surface area is 91.7 Å². The van der Waals surface area contributed by atoms with E-state index in [1.165, 1.54) is 0 Å². The average Bonchev–Trinajstić information content (AvgIpc) is 2.25. The molecular formula is C10H23N3O2. The van der Waals surface area contributed by atoms with Crippen molar-refractivity contribution in [2.45, 2.75) is 39.0 Å². The molecule has 0 radical (unpaired) electrons. The van der Waals surface area contributed by atoms with E-state index >= 15 is 0 Å². The molecule has 0 aromatic carbocycles. The highest BCUT2D eigenvalue weighted by Crippen LogP contribution is 1.97. The molecule has 4 N–H and O–H groups in total. The van der Waals surface area contributed by atoms with Gasteiger partial charge in [0.1, 0.15) is 0 Å². The van der Waals surface area contributed by atoms with Crippen molar-refractivity contribution in [3.05, 3.63) is 0 Å². The number of ether oxygens (including phenoxy) is 1. The summed E-state index contributed by atoms with van der Waals surface area (Å²) >= 11 is 0. The summed E-state index contributed by atoms with van der Waals surface area (Å²) in [6, 6.07) is 0. The van der Waals surface area contributed by atoms with Gasteiger partial charge in [0.05, 0.1) is 6.61 Å². The molecule has 90 valence electrons. The molecule has 0 bridgehead atoms. The lowest BCUT2D eigenvalue weighted by atomic mass is 10.2. The Bertz CT molecular complexity index is 154. The Morgan fingerprint density at radius 2 is 1.87 bits per heavy atom. The first-order chi connectivity index (χ1) is 7.31. The SMILES string of the molecule is CCCOC(=O)NCCCCCCNN. The standard InChI is InChI=1S/C10H23N3O2/c1-2-9-15-10(14)12-7-5-3-4-6-8-13-11/h13H,2-9,11H2,1H3,(H,12,14). The van der Waals surface area contributed by atoms with Gasteiger partial charge in [-0.1, -0.05) is 19.8 Å². The van der Waals surface area contributed by atoms with Crippen molar-refractivity contribution in [2.24, 2.45) is 5.84 Å². The summed E-state index contributed by atoms with van der Waals surface area (Å²) < 4.78 is 4.86. The number of nitrogens with one attached hydrogen (secondary N) is 2. The van der Waals surface area contributed by atoms with Gasteiger partial charge in [-0.3, -0.25) is 11.3 Å². The van der Waals surface area contributed by atoms with E-state index in [1.54, 1.807) is 0 Å². The van der Waals surface area contributed by atoms with Crippen LogP contribution in [0.2, 0.25) is 0 Å². The van der Waals surface area contributed by atoms with E-state index in [4.69, 9.17) is 10.6 Å². The van der Waals surface area contributed by atoms with Crippen LogP contribution in [0.3, 0.4) is 0 Å². The minimum atomic E-state index is -0.305. The third-order valence-electron chi connectivity index (χ3n) is 1.95. The van der Waals surface area contributed by atoms with E-state index in [2.05, 4.69) is 10.7 Å². The summed E-state index contributed by atoms with van der Waals surface area (Å²) in [6.45, 7) is 4.01. The molecule has 5 heteroatoms. The van der Waals surface area contributed by atoms with E-state index in [-0.39, 0.29) is 6.09 Å². The molecule has 0 fully saturated rings. The van der Waals surface area contributed by atoms with Crippen LogP contribution in [0.4, 0.5) is 4.79 Å². The molecule has 0 spiro atoms. The van der Waals surface area contributed by atoms with Crippen LogP contribution in [0.5, 0.6) is 0 Å². The topological polar surface area (TPSA) is 76.4 Å². The predicted molar refractivity (Wildman–Crippen MR) is 60.3 cm³/mol. The molecule has 0 atom stereocenters. The van der Waals surface area contributed by atoms with E-state index in [1.807, 2.05) is 6.92 Å². The maximum Gasteiger partial charge on any atom is 0.407 e. The van der Waals surface area contributed by atoms with Crippen LogP contribution in [-0.2, 0) is 4.74 Å². The third-order valence-corrected chi connectivity index (χ3v) is 1.95. The number of carbonyl (C=O) groups excluding carboxylic acids is 1. The van der Waals surface area contributed by atoms with Crippen molar-refractivity contribution in [1.82, 2.24) is 10.7 Å². The van der Waals surface area contributed by atoms with Crippen LogP contribution in [0.1, 0.15) is 39.0 Å². The summed E-state index contributed by atoms with van der Waals surface area (Å²) in [6.07, 6.45) is 4.87. The van der Waals surface area contributed by atoms with Gasteiger partial charge in [-0.05, 0) is 19.3 Å². The number of hydrazine groups is 1. The van der Waals surface area contributed by atoms with Gasteiger partial charge in [-0.15, -0.1) is 0 Å². The number of hydrogen-bond donors (Lipinski definition) is 3. The maximum atomic E-state index is 11.0. The summed E-state index contributed by atoms with van der Waals surface area (Å²) in [4.78, 5) is 11.0. The van der Waals surface area contributed by atoms with Crippen LogP contribution in [-0.4, -0.2) is 25.8 Å². The Balaban J connectivity index is 3.06. The van der Waals surface area contributed by atoms with E-state index < -0.39 is 0 Å². The zero-order chi connectivity index (χ0) is 11.4. The van der Waals surface area contributed by atoms with Crippen molar-refractivity contribution >= 4 is 6.09 Å². The molecule has 15 heavy (non-hydrogen) atoms. The predicted octanol–water partition coefficient (Wildman–Crippen LogP) is 1.15. The maximum absolute atomic E-state index is 11.0. The number of carbonyl (C=O) groups is 1. The van der Waals surface area contributed by atoms with Crippen LogP contribution >= 0.6 is 0 Å². The molecule has 0 unspecified atom stereocenters. The number of unbranched alkanes of at least 4 members (excludes halogenated alkanes) is 3. The molecule has 0 rings (SSSR count). The molecular weight excluding hydrogens is 194 g/mol. The second-order valence-electron chi connectivity index (χ2n) is 3.43. The molecule has 1 amide bonds. The molecule has 0 saturated carbocycles. The minimum absolute atomic E-state index is 0.305. The first kappa shape index (κ1) is 14.2. The monoisotopic (exact) mass is 217 g/mol. The quantitative estimate of drug-likeness (QED) is 0.307. The summed E-state index contributed by atoms with van der Waals surface area (Å²) in [5.41, 5.74) is 2.61. The van der Waals surface area contributed by atoms with Gasteiger partial charge in [0, 0.05) is 13.1 Å². The first-order valence-electron chi connectivity index (χ1n) is 5.65. The van der Waals surface area contributed by atoms with Gasteiger partial charge < -0.3 is 10.1 Å². The largest absolute Gasteiger partial charge is 0.450 e. The van der Waals surface area contributed by atoms with Crippen LogP contribution in [0, 0.1) is 0 Å². The highest BCUT2D eigenvalue weighted by Gasteiger charge is 1.98.